The highest BCUT2D eigenvalue weighted by Gasteiger charge is 2.34. The lowest BCUT2D eigenvalue weighted by Crippen LogP contribution is -2.57. The molecule has 2 aliphatic carbocycles. The molecular weight excluding hydrogens is 188 g/mol. The van der Waals surface area contributed by atoms with Crippen molar-refractivity contribution in [3.8, 4) is 0 Å². The van der Waals surface area contributed by atoms with E-state index in [2.05, 4.69) is 4.90 Å². The van der Waals surface area contributed by atoms with Gasteiger partial charge in [0.05, 0.1) is 19.6 Å². The van der Waals surface area contributed by atoms with Crippen LogP contribution in [0, 0.1) is 17.0 Å². The Hall–Kier alpha value is -0.120. The third-order valence-electron chi connectivity index (χ3n) is 4.15. The fourth-order valence-corrected chi connectivity index (χ4v) is 2.67. The van der Waals surface area contributed by atoms with Crippen molar-refractivity contribution in [1.82, 2.24) is 4.90 Å². The number of piperazine rings is 1. The zero-order valence-electron chi connectivity index (χ0n) is 9.53. The van der Waals surface area contributed by atoms with Gasteiger partial charge in [0.25, 0.3) is 0 Å². The van der Waals surface area contributed by atoms with Crippen LogP contribution in [0.25, 0.3) is 0 Å². The zero-order chi connectivity index (χ0) is 10.3. The van der Waals surface area contributed by atoms with Crippen molar-refractivity contribution in [1.29, 1.82) is 0 Å². The fraction of sp³-hybridized carbons (Fsp3) is 1.00. The second-order valence-corrected chi connectivity index (χ2v) is 5.88. The second kappa shape index (κ2) is 3.72. The summed E-state index contributed by atoms with van der Waals surface area (Å²) >= 11 is 0. The lowest BCUT2D eigenvalue weighted by molar-refractivity contribution is -0.886. The van der Waals surface area contributed by atoms with Crippen LogP contribution in [0.15, 0.2) is 0 Å². The molecule has 0 aromatic rings. The van der Waals surface area contributed by atoms with Gasteiger partial charge < -0.3 is 9.85 Å². The summed E-state index contributed by atoms with van der Waals surface area (Å²) in [5.41, 5.74) is 0. The molecule has 1 heterocycles. The highest BCUT2D eigenvalue weighted by atomic mass is 16.5. The normalized spacial score (nSPS) is 31.8. The van der Waals surface area contributed by atoms with Gasteiger partial charge in [-0.3, -0.25) is 4.90 Å². The number of hydrogen-bond acceptors (Lipinski definition) is 2. The molecule has 3 rings (SSSR count). The van der Waals surface area contributed by atoms with Gasteiger partial charge in [-0.1, -0.05) is 0 Å². The first-order valence-corrected chi connectivity index (χ1v) is 6.53. The van der Waals surface area contributed by atoms with Crippen molar-refractivity contribution >= 4 is 0 Å². The van der Waals surface area contributed by atoms with Crippen LogP contribution in [0.5, 0.6) is 0 Å². The monoisotopic (exact) mass is 210 g/mol. The Labute approximate surface area is 92.2 Å². The molecule has 86 valence electrons. The van der Waals surface area contributed by atoms with Crippen molar-refractivity contribution < 1.29 is 4.65 Å². The first-order chi connectivity index (χ1) is 7.23. The van der Waals surface area contributed by atoms with Gasteiger partial charge in [-0.05, 0) is 31.6 Å². The summed E-state index contributed by atoms with van der Waals surface area (Å²) in [6, 6.07) is 0. The van der Waals surface area contributed by atoms with E-state index in [1.165, 1.54) is 32.2 Å². The van der Waals surface area contributed by atoms with Crippen LogP contribution in [-0.2, 0) is 0 Å². The standard InChI is InChI=1S/C12H22N2O/c15-14(10-12-3-4-12)7-5-13(6-8-14)9-11-1-2-11/h11-12H,1-10H2. The summed E-state index contributed by atoms with van der Waals surface area (Å²) in [5.74, 6) is 1.75. The number of nitrogens with zero attached hydrogens (tertiary/aromatic N) is 2. The molecule has 0 amide bonds. The van der Waals surface area contributed by atoms with Crippen molar-refractivity contribution in [3.05, 3.63) is 5.21 Å². The molecule has 0 unspecified atom stereocenters. The highest BCUT2D eigenvalue weighted by molar-refractivity contribution is 4.79. The molecule has 3 aliphatic rings. The van der Waals surface area contributed by atoms with E-state index in [0.29, 0.717) is 0 Å². The van der Waals surface area contributed by atoms with Crippen LogP contribution < -0.4 is 0 Å². The van der Waals surface area contributed by atoms with E-state index in [9.17, 15) is 5.21 Å². The Morgan fingerprint density at radius 3 is 2.13 bits per heavy atom. The molecule has 1 saturated heterocycles. The van der Waals surface area contributed by atoms with E-state index in [1.54, 1.807) is 0 Å². The molecule has 0 bridgehead atoms. The summed E-state index contributed by atoms with van der Waals surface area (Å²) in [6.45, 7) is 5.98. The first kappa shape index (κ1) is 10.1. The lowest BCUT2D eigenvalue weighted by Gasteiger charge is -2.48. The Morgan fingerprint density at radius 2 is 1.60 bits per heavy atom. The maximum Gasteiger partial charge on any atom is 0.0913 e. The van der Waals surface area contributed by atoms with E-state index >= 15 is 0 Å². The molecule has 15 heavy (non-hydrogen) atoms. The van der Waals surface area contributed by atoms with Crippen molar-refractivity contribution in [2.45, 2.75) is 25.7 Å². The van der Waals surface area contributed by atoms with Crippen molar-refractivity contribution in [2.24, 2.45) is 11.8 Å². The Bertz CT molecular complexity index is 228. The Morgan fingerprint density at radius 1 is 1.00 bits per heavy atom. The van der Waals surface area contributed by atoms with E-state index in [1.807, 2.05) is 0 Å². The summed E-state index contributed by atoms with van der Waals surface area (Å²) in [7, 11) is 0. The van der Waals surface area contributed by atoms with Gasteiger partial charge in [-0.2, -0.15) is 0 Å². The number of hydrogen-bond donors (Lipinski definition) is 0. The van der Waals surface area contributed by atoms with E-state index < -0.39 is 0 Å². The third-order valence-corrected chi connectivity index (χ3v) is 4.15. The Kier molecular flexibility index (Phi) is 2.49. The molecular formula is C12H22N2O. The smallest absolute Gasteiger partial charge is 0.0913 e. The average Bonchev–Trinajstić information content (AvgIpc) is 3.05. The molecule has 3 heteroatoms. The van der Waals surface area contributed by atoms with Crippen LogP contribution in [0.2, 0.25) is 0 Å². The number of rotatable bonds is 4. The van der Waals surface area contributed by atoms with Gasteiger partial charge in [0, 0.05) is 25.6 Å². The predicted molar refractivity (Wildman–Crippen MR) is 60.1 cm³/mol. The van der Waals surface area contributed by atoms with E-state index in [-0.39, 0.29) is 4.65 Å². The fourth-order valence-electron chi connectivity index (χ4n) is 2.67. The van der Waals surface area contributed by atoms with Gasteiger partial charge in [0.1, 0.15) is 0 Å². The van der Waals surface area contributed by atoms with Crippen molar-refractivity contribution in [3.63, 3.8) is 0 Å². The van der Waals surface area contributed by atoms with Gasteiger partial charge in [-0.25, -0.2) is 0 Å². The molecule has 0 N–H and O–H groups in total. The summed E-state index contributed by atoms with van der Waals surface area (Å²) < 4.78 is 0.117. The quantitative estimate of drug-likeness (QED) is 0.518. The maximum absolute atomic E-state index is 12.3. The zero-order valence-corrected chi connectivity index (χ0v) is 9.53. The minimum Gasteiger partial charge on any atom is -0.633 e. The van der Waals surface area contributed by atoms with Gasteiger partial charge >= 0.3 is 0 Å². The lowest BCUT2D eigenvalue weighted by atomic mass is 10.2. The average molecular weight is 210 g/mol. The van der Waals surface area contributed by atoms with Crippen molar-refractivity contribution in [2.75, 3.05) is 39.3 Å². The van der Waals surface area contributed by atoms with E-state index in [0.717, 1.165) is 44.6 Å². The number of hydroxylamine groups is 3. The molecule has 0 aromatic carbocycles. The minimum atomic E-state index is 0.117. The molecule has 1 aliphatic heterocycles. The van der Waals surface area contributed by atoms with Gasteiger partial charge in [-0.15, -0.1) is 0 Å². The van der Waals surface area contributed by atoms with Crippen LogP contribution in [0.3, 0.4) is 0 Å². The highest BCUT2D eigenvalue weighted by Crippen LogP contribution is 2.33. The number of quaternary nitrogens is 1. The molecule has 0 spiro atoms. The topological polar surface area (TPSA) is 26.3 Å². The predicted octanol–water partition coefficient (Wildman–Crippen LogP) is 1.44. The van der Waals surface area contributed by atoms with Crippen LogP contribution >= 0.6 is 0 Å². The molecule has 0 atom stereocenters. The molecule has 3 nitrogen and oxygen atoms in total. The summed E-state index contributed by atoms with van der Waals surface area (Å²) in [5, 5.41) is 12.3. The molecule has 0 aromatic heterocycles. The Balaban J connectivity index is 1.45. The second-order valence-electron chi connectivity index (χ2n) is 5.88. The third kappa shape index (κ3) is 2.71. The largest absolute Gasteiger partial charge is 0.633 e. The van der Waals surface area contributed by atoms with Crippen LogP contribution in [0.1, 0.15) is 25.7 Å². The summed E-state index contributed by atoms with van der Waals surface area (Å²) in [4.78, 5) is 2.51. The molecule has 3 fully saturated rings. The molecule has 2 saturated carbocycles. The van der Waals surface area contributed by atoms with Crippen LogP contribution in [-0.4, -0.2) is 48.8 Å². The summed E-state index contributed by atoms with van der Waals surface area (Å²) in [6.07, 6.45) is 5.48. The maximum atomic E-state index is 12.3. The van der Waals surface area contributed by atoms with Gasteiger partial charge in [0.2, 0.25) is 0 Å². The SMILES string of the molecule is [O-][N+]1(CC2CC2)CCN(CC2CC2)CC1. The van der Waals surface area contributed by atoms with E-state index in [4.69, 9.17) is 0 Å². The molecule has 0 radical (unpaired) electrons. The first-order valence-electron chi connectivity index (χ1n) is 6.53. The van der Waals surface area contributed by atoms with Crippen LogP contribution in [0.4, 0.5) is 0 Å². The van der Waals surface area contributed by atoms with Gasteiger partial charge in [0.15, 0.2) is 0 Å². The minimum absolute atomic E-state index is 0.117.